The van der Waals surface area contributed by atoms with Gasteiger partial charge in [-0.1, -0.05) is 19.1 Å². The Morgan fingerprint density at radius 2 is 2.19 bits per heavy atom. The van der Waals surface area contributed by atoms with Crippen LogP contribution in [0.1, 0.15) is 43.0 Å². The average molecular weight is 217 g/mol. The van der Waals surface area contributed by atoms with E-state index in [1.54, 1.807) is 0 Å². The number of nitrogens with zero attached hydrogens (tertiary/aromatic N) is 1. The van der Waals surface area contributed by atoms with E-state index in [2.05, 4.69) is 17.9 Å². The van der Waals surface area contributed by atoms with E-state index in [0.29, 0.717) is 6.04 Å². The third kappa shape index (κ3) is 2.11. The van der Waals surface area contributed by atoms with Gasteiger partial charge in [-0.15, -0.1) is 0 Å². The highest BCUT2D eigenvalue weighted by atomic mass is 16.1. The number of hydrogen-bond acceptors (Lipinski definition) is 2. The van der Waals surface area contributed by atoms with Gasteiger partial charge in [0.2, 0.25) is 0 Å². The fourth-order valence-electron chi connectivity index (χ4n) is 2.59. The van der Waals surface area contributed by atoms with E-state index >= 15 is 0 Å². The van der Waals surface area contributed by atoms with Crippen LogP contribution in [0.2, 0.25) is 0 Å². The van der Waals surface area contributed by atoms with E-state index in [-0.39, 0.29) is 0 Å². The number of anilines is 1. The van der Waals surface area contributed by atoms with E-state index < -0.39 is 0 Å². The Kier molecular flexibility index (Phi) is 3.60. The number of benzene rings is 1. The highest BCUT2D eigenvalue weighted by molar-refractivity contribution is 5.84. The number of para-hydroxylation sites is 1. The molecule has 0 N–H and O–H groups in total. The Balaban J connectivity index is 2.30. The van der Waals surface area contributed by atoms with Gasteiger partial charge in [0.05, 0.1) is 0 Å². The summed E-state index contributed by atoms with van der Waals surface area (Å²) in [5, 5.41) is 0. The molecule has 0 radical (unpaired) electrons. The molecule has 1 aliphatic heterocycles. The van der Waals surface area contributed by atoms with Crippen LogP contribution in [0.4, 0.5) is 5.69 Å². The fourth-order valence-corrected chi connectivity index (χ4v) is 2.59. The first-order chi connectivity index (χ1) is 7.86. The molecule has 2 heteroatoms. The Morgan fingerprint density at radius 3 is 2.94 bits per heavy atom. The summed E-state index contributed by atoms with van der Waals surface area (Å²) in [4.78, 5) is 13.4. The van der Waals surface area contributed by atoms with E-state index in [1.807, 2.05) is 18.2 Å². The van der Waals surface area contributed by atoms with Crippen molar-refractivity contribution in [1.29, 1.82) is 0 Å². The molecule has 0 bridgehead atoms. The Morgan fingerprint density at radius 1 is 1.38 bits per heavy atom. The normalized spacial score (nSPS) is 20.8. The molecule has 1 aliphatic rings. The lowest BCUT2D eigenvalue weighted by Crippen LogP contribution is -2.39. The zero-order valence-electron chi connectivity index (χ0n) is 9.86. The molecule has 1 saturated heterocycles. The van der Waals surface area contributed by atoms with Crippen LogP contribution < -0.4 is 4.90 Å². The molecule has 16 heavy (non-hydrogen) atoms. The largest absolute Gasteiger partial charge is 0.368 e. The number of carbonyl (C=O) groups is 1. The van der Waals surface area contributed by atoms with Crippen molar-refractivity contribution in [2.24, 2.45) is 0 Å². The van der Waals surface area contributed by atoms with Crippen molar-refractivity contribution in [3.8, 4) is 0 Å². The zero-order chi connectivity index (χ0) is 11.4. The summed E-state index contributed by atoms with van der Waals surface area (Å²) in [7, 11) is 0. The second kappa shape index (κ2) is 5.15. The monoisotopic (exact) mass is 217 g/mol. The summed E-state index contributed by atoms with van der Waals surface area (Å²) >= 11 is 0. The number of rotatable bonds is 3. The van der Waals surface area contributed by atoms with Crippen molar-refractivity contribution >= 4 is 12.0 Å². The zero-order valence-corrected chi connectivity index (χ0v) is 9.86. The van der Waals surface area contributed by atoms with Gasteiger partial charge >= 0.3 is 0 Å². The first kappa shape index (κ1) is 11.2. The maximum absolute atomic E-state index is 11.0. The molecule has 1 aromatic carbocycles. The summed E-state index contributed by atoms with van der Waals surface area (Å²) in [6.45, 7) is 3.32. The number of piperidine rings is 1. The molecule has 0 aromatic heterocycles. The molecule has 0 spiro atoms. The van der Waals surface area contributed by atoms with E-state index in [4.69, 9.17) is 0 Å². The lowest BCUT2D eigenvalue weighted by atomic mass is 9.98. The molecule has 1 fully saturated rings. The minimum absolute atomic E-state index is 0.606. The second-order valence-corrected chi connectivity index (χ2v) is 4.43. The molecule has 0 saturated carbocycles. The number of carbonyl (C=O) groups excluding carboxylic acids is 1. The number of hydrogen-bond donors (Lipinski definition) is 0. The van der Waals surface area contributed by atoms with Crippen LogP contribution in [0.5, 0.6) is 0 Å². The van der Waals surface area contributed by atoms with Gasteiger partial charge in [0.25, 0.3) is 0 Å². The van der Waals surface area contributed by atoms with Crippen molar-refractivity contribution in [1.82, 2.24) is 0 Å². The summed E-state index contributed by atoms with van der Waals surface area (Å²) in [5.41, 5.74) is 1.94. The maximum atomic E-state index is 11.0. The van der Waals surface area contributed by atoms with Gasteiger partial charge in [-0.25, -0.2) is 0 Å². The minimum atomic E-state index is 0.606. The lowest BCUT2D eigenvalue weighted by Gasteiger charge is -2.37. The molecule has 1 heterocycles. The topological polar surface area (TPSA) is 20.3 Å². The fraction of sp³-hybridized carbons (Fsp3) is 0.500. The Labute approximate surface area is 97.3 Å². The van der Waals surface area contributed by atoms with Crippen LogP contribution in [-0.4, -0.2) is 18.9 Å². The third-order valence-corrected chi connectivity index (χ3v) is 3.47. The summed E-state index contributed by atoms with van der Waals surface area (Å²) < 4.78 is 0. The van der Waals surface area contributed by atoms with Crippen molar-refractivity contribution in [3.63, 3.8) is 0 Å². The smallest absolute Gasteiger partial charge is 0.152 e. The van der Waals surface area contributed by atoms with Gasteiger partial charge in [-0.3, -0.25) is 4.79 Å². The maximum Gasteiger partial charge on any atom is 0.152 e. The number of aldehydes is 1. The van der Waals surface area contributed by atoms with E-state index in [1.165, 1.54) is 19.3 Å². The van der Waals surface area contributed by atoms with Crippen LogP contribution in [0.15, 0.2) is 24.3 Å². The first-order valence-corrected chi connectivity index (χ1v) is 6.17. The van der Waals surface area contributed by atoms with Crippen molar-refractivity contribution in [3.05, 3.63) is 29.8 Å². The van der Waals surface area contributed by atoms with E-state index in [0.717, 1.165) is 30.5 Å². The van der Waals surface area contributed by atoms with Gasteiger partial charge in [0.15, 0.2) is 6.29 Å². The van der Waals surface area contributed by atoms with Crippen LogP contribution >= 0.6 is 0 Å². The molecule has 0 amide bonds. The van der Waals surface area contributed by atoms with Crippen LogP contribution in [0.25, 0.3) is 0 Å². The molecule has 0 aliphatic carbocycles. The lowest BCUT2D eigenvalue weighted by molar-refractivity contribution is 0.112. The van der Waals surface area contributed by atoms with Crippen LogP contribution in [0.3, 0.4) is 0 Å². The standard InChI is InChI=1S/C14H19NO/c1-2-13-8-5-6-10-15(13)14-9-4-3-7-12(14)11-16/h3-4,7,9,11,13H,2,5-6,8,10H2,1H3/t13-/m1/s1. The van der Waals surface area contributed by atoms with Gasteiger partial charge in [-0.05, 0) is 37.8 Å². The van der Waals surface area contributed by atoms with Crippen LogP contribution in [-0.2, 0) is 0 Å². The molecule has 2 rings (SSSR count). The molecule has 86 valence electrons. The molecule has 1 atom stereocenters. The molecule has 2 nitrogen and oxygen atoms in total. The first-order valence-electron chi connectivity index (χ1n) is 6.17. The van der Waals surface area contributed by atoms with Gasteiger partial charge in [0.1, 0.15) is 0 Å². The van der Waals surface area contributed by atoms with Gasteiger partial charge < -0.3 is 4.90 Å². The predicted octanol–water partition coefficient (Wildman–Crippen LogP) is 3.27. The second-order valence-electron chi connectivity index (χ2n) is 4.43. The highest BCUT2D eigenvalue weighted by Crippen LogP contribution is 2.28. The Bertz CT molecular complexity index is 362. The van der Waals surface area contributed by atoms with E-state index in [9.17, 15) is 4.79 Å². The van der Waals surface area contributed by atoms with Crippen molar-refractivity contribution in [2.45, 2.75) is 38.6 Å². The SMILES string of the molecule is CC[C@@H]1CCCCN1c1ccccc1C=O. The Hall–Kier alpha value is -1.31. The summed E-state index contributed by atoms with van der Waals surface area (Å²) in [6, 6.07) is 8.53. The molecular formula is C14H19NO. The molecule has 1 aromatic rings. The third-order valence-electron chi connectivity index (χ3n) is 3.47. The van der Waals surface area contributed by atoms with Crippen molar-refractivity contribution in [2.75, 3.05) is 11.4 Å². The average Bonchev–Trinajstić information content (AvgIpc) is 2.38. The quantitative estimate of drug-likeness (QED) is 0.724. The molecular weight excluding hydrogens is 198 g/mol. The van der Waals surface area contributed by atoms with Crippen molar-refractivity contribution < 1.29 is 4.79 Å². The summed E-state index contributed by atoms with van der Waals surface area (Å²) in [6.07, 6.45) is 5.94. The van der Waals surface area contributed by atoms with Crippen LogP contribution in [0, 0.1) is 0 Å². The molecule has 0 unspecified atom stereocenters. The van der Waals surface area contributed by atoms with Gasteiger partial charge in [-0.2, -0.15) is 0 Å². The predicted molar refractivity (Wildman–Crippen MR) is 67.1 cm³/mol. The van der Waals surface area contributed by atoms with Gasteiger partial charge in [0, 0.05) is 23.8 Å². The minimum Gasteiger partial charge on any atom is -0.368 e. The summed E-state index contributed by atoms with van der Waals surface area (Å²) in [5.74, 6) is 0. The highest BCUT2D eigenvalue weighted by Gasteiger charge is 2.22.